The first-order chi connectivity index (χ1) is 7.62. The van der Waals surface area contributed by atoms with Gasteiger partial charge in [-0.15, -0.1) is 0 Å². The van der Waals surface area contributed by atoms with E-state index in [-0.39, 0.29) is 5.02 Å². The topological polar surface area (TPSA) is 20.2 Å². The van der Waals surface area contributed by atoms with E-state index in [1.807, 2.05) is 0 Å². The fourth-order valence-corrected chi connectivity index (χ4v) is 2.32. The molecule has 0 radical (unpaired) electrons. The molecule has 0 saturated heterocycles. The van der Waals surface area contributed by atoms with Crippen molar-refractivity contribution in [3.63, 3.8) is 0 Å². The van der Waals surface area contributed by atoms with Crippen LogP contribution in [0.3, 0.4) is 0 Å². The summed E-state index contributed by atoms with van der Waals surface area (Å²) >= 11 is 9.08. The van der Waals surface area contributed by atoms with Crippen LogP contribution in [0.1, 0.15) is 25.3 Å². The third kappa shape index (κ3) is 4.48. The Hall–Kier alpha value is -0.260. The molecule has 1 aromatic carbocycles. The van der Waals surface area contributed by atoms with E-state index in [4.69, 9.17) is 11.6 Å². The van der Waals surface area contributed by atoms with E-state index < -0.39 is 24.6 Å². The van der Waals surface area contributed by atoms with Crippen molar-refractivity contribution in [2.75, 3.05) is 0 Å². The summed E-state index contributed by atoms with van der Waals surface area (Å²) in [7, 11) is 0. The van der Waals surface area contributed by atoms with E-state index in [0.717, 1.165) is 0 Å². The minimum atomic E-state index is -4.29. The van der Waals surface area contributed by atoms with Gasteiger partial charge in [0.05, 0.1) is 5.60 Å². The lowest BCUT2D eigenvalue weighted by atomic mass is 9.91. The van der Waals surface area contributed by atoms with Gasteiger partial charge in [0, 0.05) is 21.5 Å². The van der Waals surface area contributed by atoms with Crippen LogP contribution in [0.2, 0.25) is 5.02 Å². The van der Waals surface area contributed by atoms with E-state index in [1.54, 1.807) is 12.1 Å². The zero-order chi connectivity index (χ0) is 13.3. The van der Waals surface area contributed by atoms with E-state index in [0.29, 0.717) is 10.0 Å². The van der Waals surface area contributed by atoms with Crippen LogP contribution in [0.5, 0.6) is 0 Å². The Kier molecular flexibility index (Phi) is 4.49. The Morgan fingerprint density at radius 1 is 1.29 bits per heavy atom. The van der Waals surface area contributed by atoms with Crippen LogP contribution in [-0.2, 0) is 5.60 Å². The molecule has 1 nitrogen and oxygen atoms in total. The van der Waals surface area contributed by atoms with Crippen LogP contribution < -0.4 is 0 Å². The fraction of sp³-hybridized carbons (Fsp3) is 0.455. The van der Waals surface area contributed by atoms with Gasteiger partial charge >= 0.3 is 6.18 Å². The van der Waals surface area contributed by atoms with Gasteiger partial charge in [-0.3, -0.25) is 0 Å². The summed E-state index contributed by atoms with van der Waals surface area (Å²) in [6.45, 7) is 1.33. The van der Waals surface area contributed by atoms with Crippen LogP contribution in [0.15, 0.2) is 22.7 Å². The first-order valence-electron chi connectivity index (χ1n) is 4.86. The van der Waals surface area contributed by atoms with Gasteiger partial charge in [0.2, 0.25) is 0 Å². The van der Waals surface area contributed by atoms with E-state index in [9.17, 15) is 18.3 Å². The monoisotopic (exact) mass is 330 g/mol. The molecule has 17 heavy (non-hydrogen) atoms. The normalized spacial score (nSPS) is 15.7. The van der Waals surface area contributed by atoms with Crippen molar-refractivity contribution in [1.82, 2.24) is 0 Å². The Balaban J connectivity index is 2.89. The second-order valence-corrected chi connectivity index (χ2v) is 5.34. The Morgan fingerprint density at radius 2 is 1.88 bits per heavy atom. The molecule has 6 heteroatoms. The Labute approximate surface area is 111 Å². The van der Waals surface area contributed by atoms with E-state index in [2.05, 4.69) is 15.9 Å². The molecule has 1 unspecified atom stereocenters. The molecular formula is C11H11BrClF3O. The second-order valence-electron chi connectivity index (χ2n) is 4.01. The smallest absolute Gasteiger partial charge is 0.385 e. The molecule has 1 aromatic rings. The number of alkyl halides is 3. The van der Waals surface area contributed by atoms with Gasteiger partial charge in [-0.25, -0.2) is 0 Å². The van der Waals surface area contributed by atoms with E-state index >= 15 is 0 Å². The maximum Gasteiger partial charge on any atom is 0.389 e. The molecule has 0 aliphatic heterocycles. The molecule has 0 heterocycles. The maximum atomic E-state index is 12.1. The number of halogens is 5. The van der Waals surface area contributed by atoms with Crippen LogP contribution in [0, 0.1) is 0 Å². The largest absolute Gasteiger partial charge is 0.389 e. The van der Waals surface area contributed by atoms with Crippen molar-refractivity contribution in [3.8, 4) is 0 Å². The van der Waals surface area contributed by atoms with Crippen LogP contribution in [0.4, 0.5) is 13.2 Å². The number of benzene rings is 1. The lowest BCUT2D eigenvalue weighted by Gasteiger charge is -2.25. The van der Waals surface area contributed by atoms with Crippen molar-refractivity contribution in [2.24, 2.45) is 0 Å². The van der Waals surface area contributed by atoms with Gasteiger partial charge in [-0.1, -0.05) is 33.6 Å². The van der Waals surface area contributed by atoms with Gasteiger partial charge in [0.15, 0.2) is 0 Å². The minimum Gasteiger partial charge on any atom is -0.385 e. The Bertz CT molecular complexity index is 404. The molecule has 0 fully saturated rings. The van der Waals surface area contributed by atoms with Crippen molar-refractivity contribution in [1.29, 1.82) is 0 Å². The molecular weight excluding hydrogens is 320 g/mol. The summed E-state index contributed by atoms with van der Waals surface area (Å²) in [5.74, 6) is 0. The first-order valence-corrected chi connectivity index (χ1v) is 6.03. The highest BCUT2D eigenvalue weighted by Gasteiger charge is 2.34. The molecule has 1 N–H and O–H groups in total. The molecule has 0 bridgehead atoms. The van der Waals surface area contributed by atoms with Gasteiger partial charge < -0.3 is 5.11 Å². The molecule has 0 aliphatic rings. The third-order valence-electron chi connectivity index (χ3n) is 2.41. The standard InChI is InChI=1S/C11H11BrClF3O/c1-10(17,4-5-11(14,15)16)8-3-2-7(12)6-9(8)13/h2-3,6,17H,4-5H2,1H3. The molecule has 96 valence electrons. The lowest BCUT2D eigenvalue weighted by molar-refractivity contribution is -0.146. The van der Waals surface area contributed by atoms with E-state index in [1.165, 1.54) is 13.0 Å². The van der Waals surface area contributed by atoms with Crippen LogP contribution in [-0.4, -0.2) is 11.3 Å². The quantitative estimate of drug-likeness (QED) is 0.854. The Morgan fingerprint density at radius 3 is 2.35 bits per heavy atom. The first kappa shape index (κ1) is 14.8. The number of rotatable bonds is 3. The van der Waals surface area contributed by atoms with Gasteiger partial charge in [0.1, 0.15) is 0 Å². The summed E-state index contributed by atoms with van der Waals surface area (Å²) in [6, 6.07) is 4.69. The van der Waals surface area contributed by atoms with Crippen molar-refractivity contribution in [3.05, 3.63) is 33.3 Å². The summed E-state index contributed by atoms with van der Waals surface area (Å²) in [5.41, 5.74) is -1.29. The number of hydrogen-bond donors (Lipinski definition) is 1. The van der Waals surface area contributed by atoms with Crippen LogP contribution >= 0.6 is 27.5 Å². The van der Waals surface area contributed by atoms with Gasteiger partial charge in [-0.2, -0.15) is 13.2 Å². The van der Waals surface area contributed by atoms with Crippen molar-refractivity contribution < 1.29 is 18.3 Å². The highest BCUT2D eigenvalue weighted by Crippen LogP contribution is 2.36. The van der Waals surface area contributed by atoms with Gasteiger partial charge in [-0.05, 0) is 25.5 Å². The highest BCUT2D eigenvalue weighted by molar-refractivity contribution is 9.10. The maximum absolute atomic E-state index is 12.1. The molecule has 1 atom stereocenters. The summed E-state index contributed by atoms with van der Waals surface area (Å²) in [6.07, 6.45) is -5.75. The summed E-state index contributed by atoms with van der Waals surface area (Å²) < 4.78 is 37.1. The van der Waals surface area contributed by atoms with Crippen LogP contribution in [0.25, 0.3) is 0 Å². The molecule has 0 saturated carbocycles. The summed E-state index contributed by atoms with van der Waals surface area (Å²) in [4.78, 5) is 0. The minimum absolute atomic E-state index is 0.242. The van der Waals surface area contributed by atoms with Crippen molar-refractivity contribution >= 4 is 27.5 Å². The van der Waals surface area contributed by atoms with Crippen molar-refractivity contribution in [2.45, 2.75) is 31.5 Å². The fourth-order valence-electron chi connectivity index (χ4n) is 1.45. The number of hydrogen-bond acceptors (Lipinski definition) is 1. The lowest BCUT2D eigenvalue weighted by Crippen LogP contribution is -2.24. The summed E-state index contributed by atoms with van der Waals surface area (Å²) in [5, 5.41) is 10.3. The molecule has 0 spiro atoms. The molecule has 1 rings (SSSR count). The molecule has 0 aliphatic carbocycles. The molecule has 0 amide bonds. The average Bonchev–Trinajstić information content (AvgIpc) is 2.13. The predicted molar refractivity (Wildman–Crippen MR) is 64.0 cm³/mol. The average molecular weight is 332 g/mol. The SMILES string of the molecule is CC(O)(CCC(F)(F)F)c1ccc(Br)cc1Cl. The predicted octanol–water partition coefficient (Wildman–Crippen LogP) is 4.65. The zero-order valence-corrected chi connectivity index (χ0v) is 11.3. The van der Waals surface area contributed by atoms with Gasteiger partial charge in [0.25, 0.3) is 0 Å². The highest BCUT2D eigenvalue weighted by atomic mass is 79.9. The second kappa shape index (κ2) is 5.16. The zero-order valence-electron chi connectivity index (χ0n) is 8.98. The number of aliphatic hydroxyl groups is 1. The third-order valence-corrected chi connectivity index (χ3v) is 3.21. The molecule has 0 aromatic heterocycles.